The van der Waals surface area contributed by atoms with Crippen LogP contribution < -0.4 is 5.32 Å². The number of ether oxygens (including phenoxy) is 1. The molecule has 1 N–H and O–H groups in total. The minimum absolute atomic E-state index is 0.141. The summed E-state index contributed by atoms with van der Waals surface area (Å²) >= 11 is 0. The summed E-state index contributed by atoms with van der Waals surface area (Å²) in [7, 11) is 0. The molecule has 35 heavy (non-hydrogen) atoms. The Labute approximate surface area is 207 Å². The Morgan fingerprint density at radius 1 is 1.09 bits per heavy atom. The average Bonchev–Trinajstić information content (AvgIpc) is 3.29. The first-order valence-corrected chi connectivity index (χ1v) is 12.1. The van der Waals surface area contributed by atoms with Gasteiger partial charge in [-0.05, 0) is 70.7 Å². The standard InChI is InChI=1S/C28H34N4O3/c1-17(2)34-14-8-13-32-21(6)24(25(29-28(32)33)22-12-11-19(4)20(5)16-22)27-30-26(31-35-27)23-10-7-9-18(3)15-23/h7,9-12,15-17,25H,8,13-14H2,1-6H3,(H,29,33). The first-order chi connectivity index (χ1) is 16.7. The number of rotatable bonds is 8. The number of aryl methyl sites for hydroxylation is 3. The van der Waals surface area contributed by atoms with Crippen LogP contribution in [0.5, 0.6) is 0 Å². The smallest absolute Gasteiger partial charge is 0.322 e. The van der Waals surface area contributed by atoms with Crippen LogP contribution in [0.1, 0.15) is 61.4 Å². The van der Waals surface area contributed by atoms with Crippen molar-refractivity contribution in [3.05, 3.63) is 76.3 Å². The van der Waals surface area contributed by atoms with Crippen molar-refractivity contribution >= 4 is 11.6 Å². The molecule has 7 heteroatoms. The van der Waals surface area contributed by atoms with E-state index in [0.717, 1.165) is 39.9 Å². The van der Waals surface area contributed by atoms with Gasteiger partial charge in [-0.1, -0.05) is 47.1 Å². The molecule has 2 aromatic carbocycles. The molecule has 4 rings (SSSR count). The van der Waals surface area contributed by atoms with Gasteiger partial charge in [-0.2, -0.15) is 4.98 Å². The highest BCUT2D eigenvalue weighted by atomic mass is 16.5. The van der Waals surface area contributed by atoms with Crippen LogP contribution in [0, 0.1) is 20.8 Å². The molecule has 184 valence electrons. The lowest BCUT2D eigenvalue weighted by Gasteiger charge is -2.35. The molecular weight excluding hydrogens is 440 g/mol. The molecular formula is C28H34N4O3. The highest BCUT2D eigenvalue weighted by Crippen LogP contribution is 2.38. The van der Waals surface area contributed by atoms with E-state index < -0.39 is 6.04 Å². The van der Waals surface area contributed by atoms with Crippen molar-refractivity contribution < 1.29 is 14.1 Å². The fraction of sp³-hybridized carbons (Fsp3) is 0.393. The van der Waals surface area contributed by atoms with Gasteiger partial charge in [0.1, 0.15) is 0 Å². The lowest BCUT2D eigenvalue weighted by Crippen LogP contribution is -2.46. The second kappa shape index (κ2) is 10.4. The molecule has 0 aliphatic carbocycles. The van der Waals surface area contributed by atoms with Crippen molar-refractivity contribution in [3.8, 4) is 11.4 Å². The predicted molar refractivity (Wildman–Crippen MR) is 137 cm³/mol. The molecule has 0 radical (unpaired) electrons. The lowest BCUT2D eigenvalue weighted by molar-refractivity contribution is 0.0736. The van der Waals surface area contributed by atoms with E-state index in [2.05, 4.69) is 36.5 Å². The van der Waals surface area contributed by atoms with Gasteiger partial charge in [0, 0.05) is 24.4 Å². The number of urea groups is 1. The van der Waals surface area contributed by atoms with Crippen molar-refractivity contribution in [3.63, 3.8) is 0 Å². The number of hydrogen-bond acceptors (Lipinski definition) is 5. The maximum absolute atomic E-state index is 13.2. The van der Waals surface area contributed by atoms with E-state index in [1.54, 1.807) is 4.90 Å². The summed E-state index contributed by atoms with van der Waals surface area (Å²) in [6, 6.07) is 13.7. The number of amides is 2. The summed E-state index contributed by atoms with van der Waals surface area (Å²) in [6.45, 7) is 13.3. The van der Waals surface area contributed by atoms with Crippen LogP contribution in [0.3, 0.4) is 0 Å². The van der Waals surface area contributed by atoms with Crippen LogP contribution in [0.4, 0.5) is 4.79 Å². The van der Waals surface area contributed by atoms with Gasteiger partial charge in [0.15, 0.2) is 0 Å². The zero-order valence-corrected chi connectivity index (χ0v) is 21.4. The van der Waals surface area contributed by atoms with Crippen LogP contribution in [0.2, 0.25) is 0 Å². The van der Waals surface area contributed by atoms with E-state index in [4.69, 9.17) is 14.2 Å². The van der Waals surface area contributed by atoms with Gasteiger partial charge < -0.3 is 14.6 Å². The Kier molecular flexibility index (Phi) is 7.36. The summed E-state index contributed by atoms with van der Waals surface area (Å²) in [5.74, 6) is 0.933. The molecule has 0 saturated heterocycles. The van der Waals surface area contributed by atoms with E-state index in [1.165, 1.54) is 5.56 Å². The Bertz CT molecular complexity index is 1240. The first-order valence-electron chi connectivity index (χ1n) is 12.1. The van der Waals surface area contributed by atoms with Crippen LogP contribution in [0.25, 0.3) is 17.0 Å². The summed E-state index contributed by atoms with van der Waals surface area (Å²) in [6.07, 6.45) is 0.882. The van der Waals surface area contributed by atoms with E-state index in [0.29, 0.717) is 24.9 Å². The molecule has 7 nitrogen and oxygen atoms in total. The Balaban J connectivity index is 1.73. The number of carbonyl (C=O) groups excluding carboxylic acids is 1. The molecule has 0 bridgehead atoms. The summed E-state index contributed by atoms with van der Waals surface area (Å²) in [5, 5.41) is 7.44. The first kappa shape index (κ1) is 24.7. The van der Waals surface area contributed by atoms with Gasteiger partial charge in [0.25, 0.3) is 5.89 Å². The fourth-order valence-corrected chi connectivity index (χ4v) is 4.30. The molecule has 1 aromatic heterocycles. The Morgan fingerprint density at radius 2 is 1.89 bits per heavy atom. The van der Waals surface area contributed by atoms with E-state index in [9.17, 15) is 4.79 Å². The van der Waals surface area contributed by atoms with Gasteiger partial charge in [-0.25, -0.2) is 4.79 Å². The van der Waals surface area contributed by atoms with Crippen molar-refractivity contribution in [2.45, 2.75) is 60.1 Å². The van der Waals surface area contributed by atoms with Crippen molar-refractivity contribution in [1.29, 1.82) is 0 Å². The van der Waals surface area contributed by atoms with E-state index in [1.807, 2.05) is 58.0 Å². The fourth-order valence-electron chi connectivity index (χ4n) is 4.30. The minimum atomic E-state index is -0.393. The second-order valence-electron chi connectivity index (χ2n) is 9.44. The quantitative estimate of drug-likeness (QED) is 0.407. The van der Waals surface area contributed by atoms with Crippen LogP contribution in [-0.4, -0.2) is 40.3 Å². The molecule has 2 heterocycles. The third kappa shape index (κ3) is 5.46. The third-order valence-corrected chi connectivity index (χ3v) is 6.37. The third-order valence-electron chi connectivity index (χ3n) is 6.37. The zero-order valence-electron chi connectivity index (χ0n) is 21.4. The Morgan fingerprint density at radius 3 is 2.60 bits per heavy atom. The van der Waals surface area contributed by atoms with Gasteiger partial charge in [0.05, 0.1) is 17.7 Å². The van der Waals surface area contributed by atoms with Crippen molar-refractivity contribution in [2.75, 3.05) is 13.2 Å². The molecule has 0 spiro atoms. The maximum Gasteiger partial charge on any atom is 0.322 e. The van der Waals surface area contributed by atoms with E-state index in [-0.39, 0.29) is 12.1 Å². The number of allylic oxidation sites excluding steroid dienone is 1. The molecule has 1 atom stereocenters. The van der Waals surface area contributed by atoms with Crippen molar-refractivity contribution in [1.82, 2.24) is 20.4 Å². The molecule has 0 fully saturated rings. The predicted octanol–water partition coefficient (Wildman–Crippen LogP) is 5.97. The summed E-state index contributed by atoms with van der Waals surface area (Å²) in [5.41, 5.74) is 6.97. The lowest BCUT2D eigenvalue weighted by atomic mass is 9.92. The van der Waals surface area contributed by atoms with Gasteiger partial charge in [-0.3, -0.25) is 4.90 Å². The number of hydrogen-bond donors (Lipinski definition) is 1. The minimum Gasteiger partial charge on any atom is -0.379 e. The number of benzene rings is 2. The number of nitrogens with zero attached hydrogens (tertiary/aromatic N) is 3. The summed E-state index contributed by atoms with van der Waals surface area (Å²) < 4.78 is 11.5. The van der Waals surface area contributed by atoms with Gasteiger partial charge in [0.2, 0.25) is 5.82 Å². The number of carbonyl (C=O) groups is 1. The van der Waals surface area contributed by atoms with Crippen LogP contribution in [0.15, 0.2) is 52.7 Å². The molecule has 1 aliphatic rings. The average molecular weight is 475 g/mol. The maximum atomic E-state index is 13.2. The topological polar surface area (TPSA) is 80.5 Å². The normalized spacial score (nSPS) is 16.3. The molecule has 2 amide bonds. The van der Waals surface area contributed by atoms with Crippen LogP contribution >= 0.6 is 0 Å². The zero-order chi connectivity index (χ0) is 25.1. The van der Waals surface area contributed by atoms with Gasteiger partial charge in [-0.15, -0.1) is 0 Å². The van der Waals surface area contributed by atoms with Crippen molar-refractivity contribution in [2.24, 2.45) is 0 Å². The van der Waals surface area contributed by atoms with E-state index >= 15 is 0 Å². The highest BCUT2D eigenvalue weighted by Gasteiger charge is 2.35. The molecule has 1 aliphatic heterocycles. The number of nitrogens with one attached hydrogen (secondary N) is 1. The monoisotopic (exact) mass is 474 g/mol. The van der Waals surface area contributed by atoms with Crippen LogP contribution in [-0.2, 0) is 4.74 Å². The largest absolute Gasteiger partial charge is 0.379 e. The van der Waals surface area contributed by atoms with Gasteiger partial charge >= 0.3 is 6.03 Å². The second-order valence-corrected chi connectivity index (χ2v) is 9.44. The SMILES string of the molecule is CC1=C(c2nc(-c3cccc(C)c3)no2)C(c2ccc(C)c(C)c2)NC(=O)N1CCCOC(C)C. The number of aromatic nitrogens is 2. The summed E-state index contributed by atoms with van der Waals surface area (Å²) in [4.78, 5) is 19.7. The molecule has 0 saturated carbocycles. The molecule has 1 unspecified atom stereocenters. The highest BCUT2D eigenvalue weighted by molar-refractivity contribution is 5.87. The Hall–Kier alpha value is -3.45. The molecule has 3 aromatic rings.